The summed E-state index contributed by atoms with van der Waals surface area (Å²) < 4.78 is 27.4. The average molecular weight is 707 g/mol. The van der Waals surface area contributed by atoms with Crippen molar-refractivity contribution >= 4 is 33.2 Å². The highest BCUT2D eigenvalue weighted by Crippen LogP contribution is 2.40. The van der Waals surface area contributed by atoms with E-state index in [1.165, 1.54) is 16.7 Å². The van der Waals surface area contributed by atoms with Crippen LogP contribution in [0.25, 0.3) is 27.6 Å². The van der Waals surface area contributed by atoms with Crippen LogP contribution in [0.4, 0.5) is 11.4 Å². The summed E-state index contributed by atoms with van der Waals surface area (Å²) in [6.45, 7) is 26.9. The highest BCUT2D eigenvalue weighted by atomic mass is 16.5. The Kier molecular flexibility index (Phi) is 8.18. The molecule has 53 heavy (non-hydrogen) atoms. The van der Waals surface area contributed by atoms with Gasteiger partial charge in [0.25, 0.3) is 0 Å². The molecule has 0 spiro atoms. The Bertz CT molecular complexity index is 2430. The number of hydrogen-bond acceptors (Lipinski definition) is 4. The van der Waals surface area contributed by atoms with E-state index in [1.807, 2.05) is 28.1 Å². The van der Waals surface area contributed by atoms with Crippen LogP contribution >= 0.6 is 0 Å². The quantitative estimate of drug-likeness (QED) is 0.179. The molecule has 6 aromatic rings. The number of fused-ring (bicyclic) bond motifs is 3. The van der Waals surface area contributed by atoms with Gasteiger partial charge in [-0.15, -0.1) is 0 Å². The molecule has 0 amide bonds. The Morgan fingerprint density at radius 1 is 0.528 bits per heavy atom. The zero-order valence-corrected chi connectivity index (χ0v) is 33.6. The molecule has 1 aliphatic heterocycles. The first-order valence-corrected chi connectivity index (χ1v) is 18.8. The van der Waals surface area contributed by atoms with Gasteiger partial charge in [0.05, 0.1) is 20.4 Å². The second-order valence-electron chi connectivity index (χ2n) is 18.7. The minimum atomic E-state index is -0.188. The maximum atomic E-state index is 9.21. The Morgan fingerprint density at radius 2 is 1.08 bits per heavy atom. The number of para-hydroxylation sites is 1. The molecule has 5 heteroatoms. The average Bonchev–Trinajstić information content (AvgIpc) is 3.59. The van der Waals surface area contributed by atoms with Crippen molar-refractivity contribution in [1.29, 1.82) is 0 Å². The fourth-order valence-corrected chi connectivity index (χ4v) is 6.89. The molecule has 5 nitrogen and oxygen atoms in total. The molecule has 0 saturated carbocycles. The second kappa shape index (κ2) is 12.8. The summed E-state index contributed by atoms with van der Waals surface area (Å²) in [6, 6.07) is 31.9. The molecule has 4 aromatic carbocycles. The third kappa shape index (κ3) is 7.31. The van der Waals surface area contributed by atoms with Crippen LogP contribution in [0.5, 0.6) is 11.5 Å². The van der Waals surface area contributed by atoms with Crippen LogP contribution in [-0.4, -0.2) is 16.2 Å². The topological polar surface area (TPSA) is 33.5 Å². The van der Waals surface area contributed by atoms with Gasteiger partial charge < -0.3 is 14.5 Å². The molecule has 0 N–H and O–H groups in total. The van der Waals surface area contributed by atoms with Gasteiger partial charge in [0, 0.05) is 52.8 Å². The Balaban J connectivity index is 1.29. The predicted molar refractivity (Wildman–Crippen MR) is 225 cm³/mol. The van der Waals surface area contributed by atoms with E-state index in [9.17, 15) is 2.74 Å². The van der Waals surface area contributed by atoms with E-state index in [1.54, 1.807) is 0 Å². The molecule has 0 unspecified atom stereocenters. The van der Waals surface area contributed by atoms with Gasteiger partial charge in [-0.2, -0.15) is 0 Å². The summed E-state index contributed by atoms with van der Waals surface area (Å²) in [7, 11) is 0. The monoisotopic (exact) mass is 706 g/mol. The second-order valence-corrected chi connectivity index (χ2v) is 18.7. The first-order chi connectivity index (χ1) is 25.6. The Hall–Kier alpha value is -5.03. The third-order valence-electron chi connectivity index (χ3n) is 10.4. The minimum Gasteiger partial charge on any atom is -0.457 e. The molecule has 0 radical (unpaired) electrons. The lowest BCUT2D eigenvalue weighted by Gasteiger charge is -2.29. The summed E-state index contributed by atoms with van der Waals surface area (Å²) >= 11 is 0. The number of rotatable bonds is 5. The Morgan fingerprint density at radius 3 is 1.68 bits per heavy atom. The fraction of sp³-hybridized carbons (Fsp3) is 0.354. The molecule has 2 aromatic heterocycles. The third-order valence-corrected chi connectivity index (χ3v) is 10.4. The van der Waals surface area contributed by atoms with Crippen molar-refractivity contribution in [3.8, 4) is 17.3 Å². The molecule has 3 heterocycles. The molecule has 0 aliphatic carbocycles. The molecule has 0 fully saturated rings. The lowest BCUT2D eigenvalue weighted by atomic mass is 9.80. The van der Waals surface area contributed by atoms with E-state index in [4.69, 9.17) is 9.72 Å². The van der Waals surface area contributed by atoms with Crippen LogP contribution in [0.2, 0.25) is 0 Å². The van der Waals surface area contributed by atoms with E-state index < -0.39 is 0 Å². The van der Waals surface area contributed by atoms with Crippen molar-refractivity contribution in [2.45, 2.75) is 105 Å². The van der Waals surface area contributed by atoms with E-state index in [2.05, 4.69) is 167 Å². The highest BCUT2D eigenvalue weighted by molar-refractivity contribution is 6.09. The molecular weight excluding hydrogens is 649 g/mol. The molecule has 0 saturated heterocycles. The number of ether oxygens (including phenoxy) is 1. The smallest absolute Gasteiger partial charge is 0.137 e. The maximum Gasteiger partial charge on any atom is 0.137 e. The first-order valence-electron chi connectivity index (χ1n) is 19.8. The van der Waals surface area contributed by atoms with Gasteiger partial charge >= 0.3 is 0 Å². The number of anilines is 2. The molecular formula is C48H56N4O. The van der Waals surface area contributed by atoms with Crippen molar-refractivity contribution in [2.24, 2.45) is 0 Å². The van der Waals surface area contributed by atoms with Gasteiger partial charge in [-0.05, 0) is 98.5 Å². The van der Waals surface area contributed by atoms with Gasteiger partial charge in [0.2, 0.25) is 0 Å². The van der Waals surface area contributed by atoms with Gasteiger partial charge in [-0.3, -0.25) is 4.57 Å². The highest BCUT2D eigenvalue weighted by Gasteiger charge is 2.25. The predicted octanol–water partition coefficient (Wildman–Crippen LogP) is 12.9. The van der Waals surface area contributed by atoms with Crippen LogP contribution in [0.1, 0.15) is 108 Å². The zero-order valence-electron chi connectivity index (χ0n) is 35.6. The van der Waals surface area contributed by atoms with E-state index in [0.29, 0.717) is 18.2 Å². The SMILES string of the molecule is [2H]C1=C([2H])N(c2cc(C(C)(C)C)cc(C(C)(C)C)c2)CN1c1cc(Oc2ccc3c4ccccc4n(-c4cc(C(C)(C)C)ccn4)c3c2)cc(C(C)(C)C)c1. The molecule has 1 aliphatic rings. The van der Waals surface area contributed by atoms with E-state index >= 15 is 0 Å². The number of hydrogen-bond donors (Lipinski definition) is 0. The van der Waals surface area contributed by atoms with Gasteiger partial charge in [-0.25, -0.2) is 4.98 Å². The standard InChI is InChI=1S/C48H56N4O/c1-45(2,3)32-19-20-49-44(28-32)52-42-16-14-13-15-40(42)41-18-17-38(30-43(41)52)53-39-27-35(48(10,11)12)26-37(29-39)51-22-21-50(31-51)36-24-33(46(4,5)6)23-34(25-36)47(7,8)9/h13-30H,31H2,1-12H3/i21D,22D. The largest absolute Gasteiger partial charge is 0.457 e. The Labute approximate surface area is 319 Å². The van der Waals surface area contributed by atoms with Gasteiger partial charge in [0.1, 0.15) is 17.3 Å². The van der Waals surface area contributed by atoms with E-state index in [-0.39, 0.29) is 34.0 Å². The van der Waals surface area contributed by atoms with Crippen LogP contribution < -0.4 is 14.5 Å². The van der Waals surface area contributed by atoms with Crippen molar-refractivity contribution in [3.05, 3.63) is 132 Å². The van der Waals surface area contributed by atoms with E-state index in [0.717, 1.165) is 44.6 Å². The first kappa shape index (κ1) is 33.8. The van der Waals surface area contributed by atoms with Crippen molar-refractivity contribution in [2.75, 3.05) is 16.5 Å². The van der Waals surface area contributed by atoms with Crippen molar-refractivity contribution in [3.63, 3.8) is 0 Å². The van der Waals surface area contributed by atoms with Gasteiger partial charge in [-0.1, -0.05) is 107 Å². The summed E-state index contributed by atoms with van der Waals surface area (Å²) in [5.41, 5.74) is 8.25. The summed E-state index contributed by atoms with van der Waals surface area (Å²) in [6.07, 6.45) is 2.24. The number of nitrogens with zero attached hydrogens (tertiary/aromatic N) is 4. The molecule has 0 atom stereocenters. The lowest BCUT2D eigenvalue weighted by Crippen LogP contribution is -2.26. The van der Waals surface area contributed by atoms with Crippen molar-refractivity contribution < 1.29 is 7.48 Å². The van der Waals surface area contributed by atoms with Crippen LogP contribution in [0.15, 0.2) is 110 Å². The summed E-state index contributed by atoms with van der Waals surface area (Å²) in [5.74, 6) is 2.26. The molecule has 274 valence electrons. The normalized spacial score (nSPS) is 15.1. The molecule has 0 bridgehead atoms. The summed E-state index contributed by atoms with van der Waals surface area (Å²) in [4.78, 5) is 8.72. The summed E-state index contributed by atoms with van der Waals surface area (Å²) in [5, 5.41) is 2.29. The van der Waals surface area contributed by atoms with Crippen LogP contribution in [0.3, 0.4) is 0 Å². The number of benzene rings is 4. The number of aromatic nitrogens is 2. The molecule has 7 rings (SSSR count). The lowest BCUT2D eigenvalue weighted by molar-refractivity contribution is 0.479. The zero-order chi connectivity index (χ0) is 39.8. The van der Waals surface area contributed by atoms with Crippen LogP contribution in [-0.2, 0) is 21.7 Å². The number of pyridine rings is 1. The minimum absolute atomic E-state index is 0.0203. The van der Waals surface area contributed by atoms with Crippen molar-refractivity contribution in [1.82, 2.24) is 9.55 Å². The van der Waals surface area contributed by atoms with Gasteiger partial charge in [0.15, 0.2) is 0 Å². The maximum absolute atomic E-state index is 9.21. The van der Waals surface area contributed by atoms with Crippen LogP contribution in [0, 0.1) is 0 Å². The fourth-order valence-electron chi connectivity index (χ4n) is 6.89.